The number of carbonyl (C=O) groups is 1. The van der Waals surface area contributed by atoms with E-state index in [1.165, 1.54) is 12.2 Å². The first-order valence-corrected chi connectivity index (χ1v) is 9.92. The minimum absolute atomic E-state index is 0.0361. The van der Waals surface area contributed by atoms with E-state index in [2.05, 4.69) is 15.1 Å². The number of piperidine rings is 1. The SMILES string of the molecule is O=C(C1C=CC(F)=CC1)N1CCCC(c2noc(-c3cc4ccccc4[nH]3)n2)C1. The number of allylic oxidation sites excluding steroid dienone is 3. The van der Waals surface area contributed by atoms with Crippen LogP contribution >= 0.6 is 0 Å². The Bertz CT molecular complexity index is 1080. The number of aromatic nitrogens is 3. The second-order valence-electron chi connectivity index (χ2n) is 7.64. The van der Waals surface area contributed by atoms with Crippen molar-refractivity contribution in [2.75, 3.05) is 13.1 Å². The molecule has 0 spiro atoms. The van der Waals surface area contributed by atoms with Crippen LogP contribution in [-0.2, 0) is 4.79 Å². The molecule has 5 rings (SSSR count). The van der Waals surface area contributed by atoms with Gasteiger partial charge in [0.2, 0.25) is 5.91 Å². The van der Waals surface area contributed by atoms with Crippen molar-refractivity contribution in [2.45, 2.75) is 25.2 Å². The van der Waals surface area contributed by atoms with Gasteiger partial charge in [0.15, 0.2) is 5.82 Å². The van der Waals surface area contributed by atoms with E-state index < -0.39 is 0 Å². The van der Waals surface area contributed by atoms with E-state index >= 15 is 0 Å². The summed E-state index contributed by atoms with van der Waals surface area (Å²) in [6.07, 6.45) is 6.70. The summed E-state index contributed by atoms with van der Waals surface area (Å²) in [7, 11) is 0. The molecule has 1 amide bonds. The molecular formula is C22H21FN4O2. The number of H-pyrrole nitrogens is 1. The summed E-state index contributed by atoms with van der Waals surface area (Å²) in [5, 5.41) is 5.27. The van der Waals surface area contributed by atoms with Crippen molar-refractivity contribution in [1.29, 1.82) is 0 Å². The van der Waals surface area contributed by atoms with Gasteiger partial charge in [0.1, 0.15) is 11.5 Å². The molecule has 1 aliphatic carbocycles. The van der Waals surface area contributed by atoms with Crippen LogP contribution in [0.5, 0.6) is 0 Å². The predicted octanol–water partition coefficient (Wildman–Crippen LogP) is 4.35. The Labute approximate surface area is 167 Å². The van der Waals surface area contributed by atoms with E-state index in [1.807, 2.05) is 35.2 Å². The van der Waals surface area contributed by atoms with Gasteiger partial charge >= 0.3 is 0 Å². The standard InChI is InChI=1S/C22H21FN4O2/c23-17-9-7-14(8-10-17)22(28)27-11-3-5-16(13-27)20-25-21(29-26-20)19-12-15-4-1-2-6-18(15)24-19/h1-2,4,6-7,9-10,12,14,16,24H,3,5,8,11,13H2. The van der Waals surface area contributed by atoms with Gasteiger partial charge in [-0.15, -0.1) is 0 Å². The molecule has 6 nitrogen and oxygen atoms in total. The number of fused-ring (bicyclic) bond motifs is 1. The Morgan fingerprint density at radius 3 is 3.03 bits per heavy atom. The number of nitrogens with zero attached hydrogens (tertiary/aromatic N) is 3. The van der Waals surface area contributed by atoms with Crippen LogP contribution in [0.2, 0.25) is 0 Å². The highest BCUT2D eigenvalue weighted by Crippen LogP contribution is 2.30. The van der Waals surface area contributed by atoms with Crippen LogP contribution in [0.15, 0.2) is 58.9 Å². The summed E-state index contributed by atoms with van der Waals surface area (Å²) in [6, 6.07) is 9.98. The average Bonchev–Trinajstić information content (AvgIpc) is 3.41. The lowest BCUT2D eigenvalue weighted by Crippen LogP contribution is -2.42. The van der Waals surface area contributed by atoms with Crippen molar-refractivity contribution in [2.24, 2.45) is 5.92 Å². The van der Waals surface area contributed by atoms with Crippen LogP contribution in [-0.4, -0.2) is 39.0 Å². The molecule has 0 radical (unpaired) electrons. The number of nitrogens with one attached hydrogen (secondary N) is 1. The number of para-hydroxylation sites is 1. The molecule has 1 aromatic carbocycles. The largest absolute Gasteiger partial charge is 0.351 e. The monoisotopic (exact) mass is 392 g/mol. The number of hydrogen-bond donors (Lipinski definition) is 1. The number of aromatic amines is 1. The van der Waals surface area contributed by atoms with Crippen LogP contribution < -0.4 is 0 Å². The van der Waals surface area contributed by atoms with Gasteiger partial charge in [0.05, 0.1) is 5.92 Å². The fraction of sp³-hybridized carbons (Fsp3) is 0.318. The third-order valence-electron chi connectivity index (χ3n) is 5.67. The molecule has 2 atom stereocenters. The van der Waals surface area contributed by atoms with Gasteiger partial charge in [0, 0.05) is 29.9 Å². The Kier molecular flexibility index (Phi) is 4.50. The fourth-order valence-electron chi connectivity index (χ4n) is 4.10. The lowest BCUT2D eigenvalue weighted by Gasteiger charge is -2.33. The Balaban J connectivity index is 1.31. The second-order valence-corrected chi connectivity index (χ2v) is 7.64. The minimum Gasteiger partial charge on any atom is -0.351 e. The first-order valence-electron chi connectivity index (χ1n) is 9.92. The second kappa shape index (κ2) is 7.31. The normalized spacial score (nSPS) is 22.1. The average molecular weight is 392 g/mol. The number of rotatable bonds is 3. The van der Waals surface area contributed by atoms with Crippen molar-refractivity contribution in [1.82, 2.24) is 20.0 Å². The molecule has 2 aromatic heterocycles. The molecule has 2 unspecified atom stereocenters. The van der Waals surface area contributed by atoms with Gasteiger partial charge in [-0.3, -0.25) is 4.79 Å². The quantitative estimate of drug-likeness (QED) is 0.719. The topological polar surface area (TPSA) is 75.0 Å². The zero-order valence-corrected chi connectivity index (χ0v) is 15.8. The summed E-state index contributed by atoms with van der Waals surface area (Å²) in [6.45, 7) is 1.26. The number of benzene rings is 1. The van der Waals surface area contributed by atoms with Gasteiger partial charge in [0.25, 0.3) is 5.89 Å². The molecular weight excluding hydrogens is 371 g/mol. The van der Waals surface area contributed by atoms with E-state index in [9.17, 15) is 9.18 Å². The molecule has 0 bridgehead atoms. The van der Waals surface area contributed by atoms with Crippen molar-refractivity contribution >= 4 is 16.8 Å². The molecule has 0 saturated carbocycles. The minimum atomic E-state index is -0.291. The molecule has 1 saturated heterocycles. The molecule has 1 aliphatic heterocycles. The van der Waals surface area contributed by atoms with Gasteiger partial charge in [-0.25, -0.2) is 4.39 Å². The molecule has 29 heavy (non-hydrogen) atoms. The van der Waals surface area contributed by atoms with E-state index in [-0.39, 0.29) is 23.6 Å². The summed E-state index contributed by atoms with van der Waals surface area (Å²) < 4.78 is 18.7. The lowest BCUT2D eigenvalue weighted by atomic mass is 9.93. The van der Waals surface area contributed by atoms with Crippen LogP contribution in [0.25, 0.3) is 22.5 Å². The third kappa shape index (κ3) is 3.48. The highest BCUT2D eigenvalue weighted by atomic mass is 19.1. The van der Waals surface area contributed by atoms with Crippen LogP contribution in [0.1, 0.15) is 31.0 Å². The predicted molar refractivity (Wildman–Crippen MR) is 107 cm³/mol. The maximum absolute atomic E-state index is 13.2. The van der Waals surface area contributed by atoms with E-state index in [0.29, 0.717) is 31.2 Å². The third-order valence-corrected chi connectivity index (χ3v) is 5.67. The molecule has 1 fully saturated rings. The molecule has 2 aliphatic rings. The van der Waals surface area contributed by atoms with Crippen molar-refractivity contribution < 1.29 is 13.7 Å². The van der Waals surface area contributed by atoms with Crippen LogP contribution in [0.3, 0.4) is 0 Å². The van der Waals surface area contributed by atoms with Crippen LogP contribution in [0, 0.1) is 5.92 Å². The molecule has 3 heterocycles. The number of likely N-dealkylation sites (tertiary alicyclic amines) is 1. The highest BCUT2D eigenvalue weighted by Gasteiger charge is 2.31. The summed E-state index contributed by atoms with van der Waals surface area (Å²) in [5.41, 5.74) is 1.80. The maximum atomic E-state index is 13.2. The Morgan fingerprint density at radius 2 is 2.21 bits per heavy atom. The maximum Gasteiger partial charge on any atom is 0.274 e. The van der Waals surface area contributed by atoms with E-state index in [4.69, 9.17) is 4.52 Å². The Morgan fingerprint density at radius 1 is 1.31 bits per heavy atom. The number of amides is 1. The van der Waals surface area contributed by atoms with Crippen molar-refractivity contribution in [3.63, 3.8) is 0 Å². The fourth-order valence-corrected chi connectivity index (χ4v) is 4.10. The zero-order valence-electron chi connectivity index (χ0n) is 15.8. The molecule has 148 valence electrons. The number of hydrogen-bond acceptors (Lipinski definition) is 4. The summed E-state index contributed by atoms with van der Waals surface area (Å²) in [5.74, 6) is 0.586. The van der Waals surface area contributed by atoms with Gasteiger partial charge < -0.3 is 14.4 Å². The first kappa shape index (κ1) is 17.8. The number of halogens is 1. The first-order chi connectivity index (χ1) is 14.2. The molecule has 3 aromatic rings. The summed E-state index contributed by atoms with van der Waals surface area (Å²) >= 11 is 0. The highest BCUT2D eigenvalue weighted by molar-refractivity contribution is 5.84. The van der Waals surface area contributed by atoms with Crippen LogP contribution in [0.4, 0.5) is 4.39 Å². The Hall–Kier alpha value is -3.22. The van der Waals surface area contributed by atoms with E-state index in [1.54, 1.807) is 6.08 Å². The van der Waals surface area contributed by atoms with E-state index in [0.717, 1.165) is 29.4 Å². The number of carbonyl (C=O) groups excluding carboxylic acids is 1. The van der Waals surface area contributed by atoms with Crippen molar-refractivity contribution in [3.8, 4) is 11.6 Å². The molecule has 1 N–H and O–H groups in total. The molecule has 7 heteroatoms. The van der Waals surface area contributed by atoms with Gasteiger partial charge in [-0.2, -0.15) is 4.98 Å². The van der Waals surface area contributed by atoms with Crippen molar-refractivity contribution in [3.05, 3.63) is 60.2 Å². The smallest absolute Gasteiger partial charge is 0.274 e. The van der Waals surface area contributed by atoms with Gasteiger partial charge in [-0.1, -0.05) is 29.4 Å². The zero-order chi connectivity index (χ0) is 19.8. The lowest BCUT2D eigenvalue weighted by molar-refractivity contribution is -0.135. The summed E-state index contributed by atoms with van der Waals surface area (Å²) in [4.78, 5) is 22.6. The van der Waals surface area contributed by atoms with Gasteiger partial charge in [-0.05, 0) is 43.5 Å².